The van der Waals surface area contributed by atoms with Crippen molar-refractivity contribution in [2.75, 3.05) is 6.54 Å². The molecule has 0 saturated carbocycles. The zero-order valence-electron chi connectivity index (χ0n) is 10.8. The van der Waals surface area contributed by atoms with Crippen LogP contribution in [0.2, 0.25) is 0 Å². The van der Waals surface area contributed by atoms with Gasteiger partial charge in [-0.2, -0.15) is 8.78 Å². The smallest absolute Gasteiger partial charge is 0.387 e. The standard InChI is InChI=1S/C13H14F2N2OS.ClH/c1-2-16-7-12-17-11(8-19-12)9-4-3-5-10(6-9)18-13(14)15;/h3-6,8,13,16H,2,7H2,1H3;1H. The highest BCUT2D eigenvalue weighted by molar-refractivity contribution is 7.09. The Hall–Kier alpha value is -1.24. The van der Waals surface area contributed by atoms with Gasteiger partial charge in [0.2, 0.25) is 0 Å². The third-order valence-corrected chi connectivity index (χ3v) is 3.28. The molecule has 1 aromatic carbocycles. The van der Waals surface area contributed by atoms with Crippen molar-refractivity contribution in [2.45, 2.75) is 20.1 Å². The first kappa shape index (κ1) is 16.8. The Kier molecular flexibility index (Phi) is 6.84. The Labute approximate surface area is 126 Å². The van der Waals surface area contributed by atoms with Crippen molar-refractivity contribution >= 4 is 23.7 Å². The van der Waals surface area contributed by atoms with Crippen molar-refractivity contribution in [3.63, 3.8) is 0 Å². The minimum atomic E-state index is -2.81. The molecule has 110 valence electrons. The minimum Gasteiger partial charge on any atom is -0.435 e. The van der Waals surface area contributed by atoms with Crippen molar-refractivity contribution in [1.29, 1.82) is 0 Å². The topological polar surface area (TPSA) is 34.2 Å². The van der Waals surface area contributed by atoms with Gasteiger partial charge in [0.1, 0.15) is 10.8 Å². The Morgan fingerprint density at radius 1 is 1.40 bits per heavy atom. The summed E-state index contributed by atoms with van der Waals surface area (Å²) in [6, 6.07) is 6.57. The predicted molar refractivity (Wildman–Crippen MR) is 78.8 cm³/mol. The summed E-state index contributed by atoms with van der Waals surface area (Å²) in [5.41, 5.74) is 1.55. The monoisotopic (exact) mass is 320 g/mol. The number of aromatic nitrogens is 1. The van der Waals surface area contributed by atoms with Crippen LogP contribution in [0.1, 0.15) is 11.9 Å². The fourth-order valence-electron chi connectivity index (χ4n) is 1.59. The molecule has 0 amide bonds. The molecule has 0 bridgehead atoms. The summed E-state index contributed by atoms with van der Waals surface area (Å²) in [6.45, 7) is 0.815. The lowest BCUT2D eigenvalue weighted by atomic mass is 10.2. The van der Waals surface area contributed by atoms with E-state index in [1.54, 1.807) is 23.5 Å². The lowest BCUT2D eigenvalue weighted by molar-refractivity contribution is -0.0498. The summed E-state index contributed by atoms with van der Waals surface area (Å²) in [4.78, 5) is 4.45. The molecule has 0 fully saturated rings. The van der Waals surface area contributed by atoms with Crippen LogP contribution in [0.25, 0.3) is 11.3 Å². The molecule has 20 heavy (non-hydrogen) atoms. The normalized spacial score (nSPS) is 10.4. The van der Waals surface area contributed by atoms with Crippen molar-refractivity contribution < 1.29 is 13.5 Å². The summed E-state index contributed by atoms with van der Waals surface area (Å²) in [6.07, 6.45) is 0. The van der Waals surface area contributed by atoms with Crippen molar-refractivity contribution in [3.05, 3.63) is 34.7 Å². The lowest BCUT2D eigenvalue weighted by Crippen LogP contribution is -2.11. The highest BCUT2D eigenvalue weighted by Crippen LogP contribution is 2.26. The van der Waals surface area contributed by atoms with Crippen LogP contribution in [0.15, 0.2) is 29.6 Å². The molecule has 0 radical (unpaired) electrons. The predicted octanol–water partition coefficient (Wildman–Crippen LogP) is 3.94. The van der Waals surface area contributed by atoms with Gasteiger partial charge in [-0.25, -0.2) is 4.98 Å². The number of benzene rings is 1. The van der Waals surface area contributed by atoms with Crippen LogP contribution >= 0.6 is 23.7 Å². The van der Waals surface area contributed by atoms with E-state index in [0.717, 1.165) is 22.8 Å². The van der Waals surface area contributed by atoms with Gasteiger partial charge in [0.15, 0.2) is 0 Å². The number of rotatable bonds is 6. The maximum atomic E-state index is 12.2. The molecule has 0 aliphatic heterocycles. The third kappa shape index (κ3) is 4.70. The maximum Gasteiger partial charge on any atom is 0.387 e. The SMILES string of the molecule is CCNCc1nc(-c2cccc(OC(F)F)c2)cs1.Cl. The summed E-state index contributed by atoms with van der Waals surface area (Å²) in [5, 5.41) is 6.07. The van der Waals surface area contributed by atoms with E-state index in [4.69, 9.17) is 0 Å². The molecule has 0 aliphatic carbocycles. The van der Waals surface area contributed by atoms with Crippen LogP contribution in [0.5, 0.6) is 5.75 Å². The van der Waals surface area contributed by atoms with Gasteiger partial charge in [-0.15, -0.1) is 23.7 Å². The maximum absolute atomic E-state index is 12.2. The Morgan fingerprint density at radius 2 is 2.20 bits per heavy atom. The number of thiazole rings is 1. The Balaban J connectivity index is 0.00000200. The van der Waals surface area contributed by atoms with Crippen LogP contribution in [0, 0.1) is 0 Å². The largest absolute Gasteiger partial charge is 0.435 e. The van der Waals surface area contributed by atoms with Crippen LogP contribution in [0.3, 0.4) is 0 Å². The fourth-order valence-corrected chi connectivity index (χ4v) is 2.36. The van der Waals surface area contributed by atoms with E-state index in [-0.39, 0.29) is 18.2 Å². The average Bonchev–Trinajstić information content (AvgIpc) is 2.84. The van der Waals surface area contributed by atoms with Gasteiger partial charge in [0.05, 0.1) is 5.69 Å². The number of ether oxygens (including phenoxy) is 1. The van der Waals surface area contributed by atoms with Crippen molar-refractivity contribution in [1.82, 2.24) is 10.3 Å². The zero-order valence-corrected chi connectivity index (χ0v) is 12.4. The van der Waals surface area contributed by atoms with E-state index in [1.807, 2.05) is 18.4 Å². The molecule has 7 heteroatoms. The number of hydrogen-bond acceptors (Lipinski definition) is 4. The van der Waals surface area contributed by atoms with Gasteiger partial charge < -0.3 is 10.1 Å². The molecule has 2 aromatic rings. The Bertz CT molecular complexity index is 537. The number of nitrogens with zero attached hydrogens (tertiary/aromatic N) is 1. The molecule has 0 saturated heterocycles. The van der Waals surface area contributed by atoms with Crippen molar-refractivity contribution in [2.24, 2.45) is 0 Å². The molecule has 2 rings (SSSR count). The highest BCUT2D eigenvalue weighted by atomic mass is 35.5. The first-order chi connectivity index (χ1) is 9.19. The first-order valence-electron chi connectivity index (χ1n) is 5.89. The quantitative estimate of drug-likeness (QED) is 0.875. The fraction of sp³-hybridized carbons (Fsp3) is 0.308. The molecule has 1 heterocycles. The van der Waals surface area contributed by atoms with Crippen LogP contribution < -0.4 is 10.1 Å². The summed E-state index contributed by atoms with van der Waals surface area (Å²) in [7, 11) is 0. The van der Waals surface area contributed by atoms with E-state index >= 15 is 0 Å². The van der Waals surface area contributed by atoms with Gasteiger partial charge in [-0.1, -0.05) is 19.1 Å². The molecule has 1 N–H and O–H groups in total. The zero-order chi connectivity index (χ0) is 13.7. The molecule has 0 unspecified atom stereocenters. The molecular formula is C13H15ClF2N2OS. The van der Waals surface area contributed by atoms with E-state index in [2.05, 4.69) is 15.0 Å². The summed E-state index contributed by atoms with van der Waals surface area (Å²) in [5.74, 6) is 0.147. The number of nitrogens with one attached hydrogen (secondary N) is 1. The minimum absolute atomic E-state index is 0. The Morgan fingerprint density at radius 3 is 2.90 bits per heavy atom. The van der Waals surface area contributed by atoms with Crippen LogP contribution in [-0.4, -0.2) is 18.1 Å². The number of halogens is 3. The molecule has 0 spiro atoms. The summed E-state index contributed by atoms with van der Waals surface area (Å²) < 4.78 is 28.7. The second kappa shape index (κ2) is 8.14. The molecule has 3 nitrogen and oxygen atoms in total. The van der Waals surface area contributed by atoms with E-state index in [0.29, 0.717) is 6.54 Å². The van der Waals surface area contributed by atoms with Crippen molar-refractivity contribution in [3.8, 4) is 17.0 Å². The van der Waals surface area contributed by atoms with Gasteiger partial charge in [-0.3, -0.25) is 0 Å². The molecule has 0 aliphatic rings. The molecule has 0 atom stereocenters. The van der Waals surface area contributed by atoms with Gasteiger partial charge >= 0.3 is 6.61 Å². The van der Waals surface area contributed by atoms with Crippen LogP contribution in [0.4, 0.5) is 8.78 Å². The van der Waals surface area contributed by atoms with Gasteiger partial charge in [0, 0.05) is 17.5 Å². The summed E-state index contributed by atoms with van der Waals surface area (Å²) >= 11 is 1.54. The first-order valence-corrected chi connectivity index (χ1v) is 6.77. The van der Waals surface area contributed by atoms with E-state index in [9.17, 15) is 8.78 Å². The third-order valence-electron chi connectivity index (χ3n) is 2.43. The lowest BCUT2D eigenvalue weighted by Gasteiger charge is -2.05. The molecular weight excluding hydrogens is 306 g/mol. The van der Waals surface area contributed by atoms with E-state index < -0.39 is 6.61 Å². The second-order valence-electron chi connectivity index (χ2n) is 3.81. The average molecular weight is 321 g/mol. The number of hydrogen-bond donors (Lipinski definition) is 1. The second-order valence-corrected chi connectivity index (χ2v) is 4.76. The molecule has 1 aromatic heterocycles. The number of alkyl halides is 2. The highest BCUT2D eigenvalue weighted by Gasteiger charge is 2.08. The van der Waals surface area contributed by atoms with Crippen LogP contribution in [-0.2, 0) is 6.54 Å². The van der Waals surface area contributed by atoms with E-state index in [1.165, 1.54) is 6.07 Å². The van der Waals surface area contributed by atoms with Gasteiger partial charge in [-0.05, 0) is 18.7 Å². The van der Waals surface area contributed by atoms with Gasteiger partial charge in [0.25, 0.3) is 0 Å².